The smallest absolute Gasteiger partial charge is 0.323 e. The first kappa shape index (κ1) is 15.0. The van der Waals surface area contributed by atoms with Gasteiger partial charge in [-0.2, -0.15) is 0 Å². The summed E-state index contributed by atoms with van der Waals surface area (Å²) in [4.78, 5) is 23.5. The van der Waals surface area contributed by atoms with Gasteiger partial charge in [0.15, 0.2) is 0 Å². The van der Waals surface area contributed by atoms with Crippen LogP contribution in [-0.4, -0.2) is 29.0 Å². The van der Waals surface area contributed by atoms with Crippen LogP contribution in [0.2, 0.25) is 0 Å². The van der Waals surface area contributed by atoms with E-state index in [0.717, 1.165) is 42.2 Å². The Hall–Kier alpha value is -1.92. The number of hydrogen-bond donors (Lipinski definition) is 1. The van der Waals surface area contributed by atoms with Crippen LogP contribution in [0.1, 0.15) is 25.0 Å². The molecule has 5 nitrogen and oxygen atoms in total. The van der Waals surface area contributed by atoms with Crippen LogP contribution in [0.5, 0.6) is 0 Å². The third-order valence-electron chi connectivity index (χ3n) is 3.60. The molecule has 6 heteroatoms. The molecule has 0 atom stereocenters. The number of hydrogen-bond acceptors (Lipinski definition) is 4. The van der Waals surface area contributed by atoms with E-state index in [2.05, 4.69) is 10.5 Å². The lowest BCUT2D eigenvalue weighted by Crippen LogP contribution is -2.42. The summed E-state index contributed by atoms with van der Waals surface area (Å²) in [7, 11) is 0. The van der Waals surface area contributed by atoms with E-state index in [4.69, 9.17) is 4.84 Å². The zero-order chi connectivity index (χ0) is 15.2. The van der Waals surface area contributed by atoms with Crippen LogP contribution < -0.4 is 5.48 Å². The van der Waals surface area contributed by atoms with E-state index in [0.29, 0.717) is 0 Å². The van der Waals surface area contributed by atoms with Crippen molar-refractivity contribution in [3.8, 4) is 10.6 Å². The van der Waals surface area contributed by atoms with Crippen molar-refractivity contribution < 1.29 is 9.63 Å². The van der Waals surface area contributed by atoms with Crippen LogP contribution in [0.4, 0.5) is 4.79 Å². The highest BCUT2D eigenvalue weighted by Gasteiger charge is 2.16. The van der Waals surface area contributed by atoms with Crippen LogP contribution in [0.15, 0.2) is 35.7 Å². The molecule has 116 valence electrons. The Bertz CT molecular complexity index is 609. The minimum Gasteiger partial charge on any atom is -0.323 e. The summed E-state index contributed by atoms with van der Waals surface area (Å²) in [5.74, 6) is 0. The maximum Gasteiger partial charge on any atom is 0.341 e. The third kappa shape index (κ3) is 3.84. The number of hydroxylamine groups is 1. The maximum absolute atomic E-state index is 11.9. The van der Waals surface area contributed by atoms with Gasteiger partial charge in [-0.15, -0.1) is 11.3 Å². The minimum absolute atomic E-state index is 0.154. The molecule has 1 aromatic heterocycles. The lowest BCUT2D eigenvalue weighted by molar-refractivity contribution is 0.0333. The van der Waals surface area contributed by atoms with Crippen molar-refractivity contribution in [1.29, 1.82) is 0 Å². The molecule has 0 aliphatic carbocycles. The fourth-order valence-corrected chi connectivity index (χ4v) is 3.23. The van der Waals surface area contributed by atoms with Crippen molar-refractivity contribution in [3.63, 3.8) is 0 Å². The summed E-state index contributed by atoms with van der Waals surface area (Å²) in [6, 6.07) is 9.87. The molecule has 1 aliphatic rings. The molecule has 0 radical (unpaired) electrons. The molecule has 2 amide bonds. The van der Waals surface area contributed by atoms with Crippen molar-refractivity contribution in [3.05, 3.63) is 41.4 Å². The summed E-state index contributed by atoms with van der Waals surface area (Å²) >= 11 is 1.58. The highest BCUT2D eigenvalue weighted by atomic mass is 32.1. The van der Waals surface area contributed by atoms with E-state index < -0.39 is 0 Å². The normalized spacial score (nSPS) is 14.8. The standard InChI is InChI=1S/C16H19N3O2S/c20-16(19-9-5-2-6-10-19)18-21-11-14-12-22-15(17-14)13-7-3-1-4-8-13/h1,3-4,7-8,12H,2,5-6,9-11H2,(H,18,20). The van der Waals surface area contributed by atoms with E-state index in [1.54, 1.807) is 16.2 Å². The van der Waals surface area contributed by atoms with Crippen molar-refractivity contribution in [1.82, 2.24) is 15.4 Å². The zero-order valence-electron chi connectivity index (χ0n) is 12.3. The Labute approximate surface area is 133 Å². The number of benzene rings is 1. The number of nitrogens with one attached hydrogen (secondary N) is 1. The predicted octanol–water partition coefficient (Wildman–Crippen LogP) is 3.44. The van der Waals surface area contributed by atoms with Crippen LogP contribution >= 0.6 is 11.3 Å². The second kappa shape index (κ2) is 7.38. The molecule has 2 aromatic rings. The van der Waals surface area contributed by atoms with E-state index in [1.165, 1.54) is 6.42 Å². The minimum atomic E-state index is -0.154. The van der Waals surface area contributed by atoms with Crippen molar-refractivity contribution in [2.24, 2.45) is 0 Å². The van der Waals surface area contributed by atoms with Crippen molar-refractivity contribution in [2.75, 3.05) is 13.1 Å². The Morgan fingerprint density at radius 3 is 2.77 bits per heavy atom. The highest BCUT2D eigenvalue weighted by molar-refractivity contribution is 7.13. The lowest BCUT2D eigenvalue weighted by Gasteiger charge is -2.26. The Balaban J connectivity index is 1.48. The van der Waals surface area contributed by atoms with Crippen molar-refractivity contribution in [2.45, 2.75) is 25.9 Å². The zero-order valence-corrected chi connectivity index (χ0v) is 13.1. The first-order chi connectivity index (χ1) is 10.8. The van der Waals surface area contributed by atoms with E-state index in [9.17, 15) is 4.79 Å². The fraction of sp³-hybridized carbons (Fsp3) is 0.375. The number of amides is 2. The molecular weight excluding hydrogens is 298 g/mol. The van der Waals surface area contributed by atoms with Gasteiger partial charge in [0.2, 0.25) is 0 Å². The van der Waals surface area contributed by atoms with Gasteiger partial charge < -0.3 is 4.90 Å². The number of carbonyl (C=O) groups is 1. The van der Waals surface area contributed by atoms with Crippen LogP contribution in [0.25, 0.3) is 10.6 Å². The number of urea groups is 1. The number of thiazole rings is 1. The first-order valence-electron chi connectivity index (χ1n) is 7.49. The molecule has 1 aromatic carbocycles. The molecule has 3 rings (SSSR count). The molecule has 1 N–H and O–H groups in total. The summed E-state index contributed by atoms with van der Waals surface area (Å²) in [6.07, 6.45) is 3.34. The molecular formula is C16H19N3O2S. The van der Waals surface area contributed by atoms with Gasteiger partial charge in [-0.3, -0.25) is 4.84 Å². The summed E-state index contributed by atoms with van der Waals surface area (Å²) in [5.41, 5.74) is 4.42. The molecule has 1 fully saturated rings. The van der Waals surface area contributed by atoms with Gasteiger partial charge in [0.05, 0.1) is 5.69 Å². The van der Waals surface area contributed by atoms with Crippen LogP contribution in [0, 0.1) is 0 Å². The average Bonchev–Trinajstić information content (AvgIpc) is 3.05. The van der Waals surface area contributed by atoms with Crippen molar-refractivity contribution >= 4 is 17.4 Å². The molecule has 0 saturated carbocycles. The largest absolute Gasteiger partial charge is 0.341 e. The van der Waals surface area contributed by atoms with Crippen LogP contribution in [0.3, 0.4) is 0 Å². The second-order valence-electron chi connectivity index (χ2n) is 5.25. The number of nitrogens with zero attached hydrogens (tertiary/aromatic N) is 2. The number of piperidine rings is 1. The third-order valence-corrected chi connectivity index (χ3v) is 4.54. The highest BCUT2D eigenvalue weighted by Crippen LogP contribution is 2.23. The molecule has 0 bridgehead atoms. The van der Waals surface area contributed by atoms with E-state index in [-0.39, 0.29) is 12.6 Å². The average molecular weight is 317 g/mol. The number of aromatic nitrogens is 1. The maximum atomic E-state index is 11.9. The van der Waals surface area contributed by atoms with Gasteiger partial charge in [-0.05, 0) is 19.3 Å². The van der Waals surface area contributed by atoms with E-state index in [1.807, 2.05) is 35.7 Å². The molecule has 0 spiro atoms. The summed E-state index contributed by atoms with van der Waals surface area (Å²) in [6.45, 7) is 1.90. The molecule has 22 heavy (non-hydrogen) atoms. The fourth-order valence-electron chi connectivity index (χ4n) is 2.42. The summed E-state index contributed by atoms with van der Waals surface area (Å²) in [5, 5.41) is 2.91. The number of likely N-dealkylation sites (tertiary alicyclic amines) is 1. The molecule has 1 saturated heterocycles. The topological polar surface area (TPSA) is 54.5 Å². The van der Waals surface area contributed by atoms with Gasteiger partial charge in [-0.25, -0.2) is 15.3 Å². The predicted molar refractivity (Wildman–Crippen MR) is 86.3 cm³/mol. The van der Waals surface area contributed by atoms with Gasteiger partial charge in [0.1, 0.15) is 11.6 Å². The molecule has 2 heterocycles. The quantitative estimate of drug-likeness (QED) is 0.879. The van der Waals surface area contributed by atoms with E-state index >= 15 is 0 Å². The van der Waals surface area contributed by atoms with Crippen LogP contribution in [-0.2, 0) is 11.4 Å². The number of rotatable bonds is 4. The van der Waals surface area contributed by atoms with Gasteiger partial charge >= 0.3 is 6.03 Å². The van der Waals surface area contributed by atoms with Gasteiger partial charge in [0, 0.05) is 24.0 Å². The second-order valence-corrected chi connectivity index (χ2v) is 6.11. The number of carbonyl (C=O) groups excluding carboxylic acids is 1. The first-order valence-corrected chi connectivity index (χ1v) is 8.37. The molecule has 1 aliphatic heterocycles. The SMILES string of the molecule is O=C(NOCc1csc(-c2ccccc2)n1)N1CCCCC1. The summed E-state index contributed by atoms with van der Waals surface area (Å²) < 4.78 is 0. The Morgan fingerprint density at radius 1 is 1.23 bits per heavy atom. The van der Waals surface area contributed by atoms with Gasteiger partial charge in [-0.1, -0.05) is 30.3 Å². The monoisotopic (exact) mass is 317 g/mol. The lowest BCUT2D eigenvalue weighted by atomic mass is 10.1. The van der Waals surface area contributed by atoms with Gasteiger partial charge in [0.25, 0.3) is 0 Å². The Kier molecular flexibility index (Phi) is 5.03. The Morgan fingerprint density at radius 2 is 2.00 bits per heavy atom. The molecule has 0 unspecified atom stereocenters.